The molecule has 2 aliphatic heterocycles. The second kappa shape index (κ2) is 8.67. The molecule has 0 saturated carbocycles. The van der Waals surface area contributed by atoms with Crippen LogP contribution in [-0.4, -0.2) is 87.9 Å². The maximum Gasteiger partial charge on any atom is 0.177 e. The minimum Gasteiger partial charge on any atom is -0.377 e. The normalized spacial score (nSPS) is 22.5. The van der Waals surface area contributed by atoms with Gasteiger partial charge in [0.05, 0.1) is 37.4 Å². The number of anilines is 1. The molecule has 2 atom stereocenters. The second-order valence-electron chi connectivity index (χ2n) is 8.26. The van der Waals surface area contributed by atoms with E-state index in [0.717, 1.165) is 55.1 Å². The van der Waals surface area contributed by atoms with E-state index < -0.39 is 0 Å². The summed E-state index contributed by atoms with van der Waals surface area (Å²) in [6, 6.07) is 4.73. The van der Waals surface area contributed by atoms with Gasteiger partial charge in [0, 0.05) is 50.0 Å². The summed E-state index contributed by atoms with van der Waals surface area (Å²) >= 11 is 0. The third-order valence-electron chi connectivity index (χ3n) is 5.87. The van der Waals surface area contributed by atoms with E-state index in [9.17, 15) is 0 Å². The van der Waals surface area contributed by atoms with Crippen molar-refractivity contribution in [2.75, 3.05) is 50.8 Å². The van der Waals surface area contributed by atoms with Gasteiger partial charge >= 0.3 is 0 Å². The maximum absolute atomic E-state index is 5.62. The highest BCUT2D eigenvalue weighted by molar-refractivity contribution is 5.85. The molecule has 3 aromatic rings. The molecule has 5 rings (SSSR count). The third kappa shape index (κ3) is 4.14. The Morgan fingerprint density at radius 2 is 2.19 bits per heavy atom. The van der Waals surface area contributed by atoms with E-state index in [4.69, 9.17) is 9.72 Å². The predicted octanol–water partition coefficient (Wildman–Crippen LogP) is 1.01. The van der Waals surface area contributed by atoms with Gasteiger partial charge in [-0.25, -0.2) is 4.98 Å². The number of aromatic amines is 1. The second-order valence-corrected chi connectivity index (χ2v) is 8.26. The zero-order valence-corrected chi connectivity index (χ0v) is 18.0. The van der Waals surface area contributed by atoms with Crippen molar-refractivity contribution in [3.63, 3.8) is 0 Å². The van der Waals surface area contributed by atoms with E-state index in [0.29, 0.717) is 25.1 Å². The summed E-state index contributed by atoms with van der Waals surface area (Å²) in [6.45, 7) is 10.4. The fourth-order valence-electron chi connectivity index (χ4n) is 4.25. The summed E-state index contributed by atoms with van der Waals surface area (Å²) in [4.78, 5) is 9.64. The lowest BCUT2D eigenvalue weighted by atomic mass is 10.1. The zero-order chi connectivity index (χ0) is 21.2. The van der Waals surface area contributed by atoms with Crippen molar-refractivity contribution in [1.29, 1.82) is 0 Å². The molecule has 5 heterocycles. The standard InChI is InChI=1S/C22H28N8O/c1-16-14-28(9-7-23-16)8-3-4-18-12-21(29-10-11-31-15-17(29)2)26-22-19(18)13-25-30(22)20-5-6-24-27-20/h5-6,12-13,16-17,23H,7-11,14-15H2,1-2H3,(H,24,27)/t16?,17-/m1/s1. The molecule has 2 aliphatic rings. The lowest BCUT2D eigenvalue weighted by Gasteiger charge is -2.34. The molecule has 3 aromatic heterocycles. The summed E-state index contributed by atoms with van der Waals surface area (Å²) in [5, 5.41) is 16.1. The van der Waals surface area contributed by atoms with Crippen LogP contribution in [0.5, 0.6) is 0 Å². The van der Waals surface area contributed by atoms with Crippen LogP contribution in [0, 0.1) is 11.8 Å². The van der Waals surface area contributed by atoms with E-state index in [1.807, 2.05) is 12.3 Å². The first-order valence-corrected chi connectivity index (χ1v) is 10.9. The number of nitrogens with zero attached hydrogens (tertiary/aromatic N) is 6. The van der Waals surface area contributed by atoms with Crippen LogP contribution in [0.1, 0.15) is 19.4 Å². The quantitative estimate of drug-likeness (QED) is 0.612. The van der Waals surface area contributed by atoms with E-state index in [1.165, 1.54) is 0 Å². The fraction of sp³-hybridized carbons (Fsp3) is 0.500. The number of ether oxygens (including phenoxy) is 1. The molecule has 0 bridgehead atoms. The lowest BCUT2D eigenvalue weighted by molar-refractivity contribution is 0.0985. The molecule has 0 radical (unpaired) electrons. The molecule has 9 nitrogen and oxygen atoms in total. The van der Waals surface area contributed by atoms with Gasteiger partial charge in [0.2, 0.25) is 0 Å². The Bertz CT molecular complexity index is 1100. The maximum atomic E-state index is 5.62. The molecule has 0 aliphatic carbocycles. The number of H-pyrrole nitrogens is 1. The highest BCUT2D eigenvalue weighted by Gasteiger charge is 2.23. The molecule has 9 heteroatoms. The van der Waals surface area contributed by atoms with Gasteiger partial charge in [0.25, 0.3) is 0 Å². The smallest absolute Gasteiger partial charge is 0.177 e. The van der Waals surface area contributed by atoms with Crippen LogP contribution in [0.2, 0.25) is 0 Å². The highest BCUT2D eigenvalue weighted by Crippen LogP contribution is 2.26. The van der Waals surface area contributed by atoms with Gasteiger partial charge in [-0.1, -0.05) is 11.8 Å². The van der Waals surface area contributed by atoms with Crippen molar-refractivity contribution < 1.29 is 4.74 Å². The number of hydrogen-bond acceptors (Lipinski definition) is 7. The summed E-state index contributed by atoms with van der Waals surface area (Å²) in [5.74, 6) is 8.41. The number of nitrogens with one attached hydrogen (secondary N) is 2. The first kappa shape index (κ1) is 20.0. The van der Waals surface area contributed by atoms with Gasteiger partial charge in [-0.05, 0) is 19.9 Å². The van der Waals surface area contributed by atoms with E-state index in [-0.39, 0.29) is 6.04 Å². The molecular formula is C22H28N8O. The monoisotopic (exact) mass is 420 g/mol. The van der Waals surface area contributed by atoms with Gasteiger partial charge in [-0.3, -0.25) is 10.00 Å². The summed E-state index contributed by atoms with van der Waals surface area (Å²) in [7, 11) is 0. The highest BCUT2D eigenvalue weighted by atomic mass is 16.5. The number of fused-ring (bicyclic) bond motifs is 1. The molecule has 0 spiro atoms. The minimum atomic E-state index is 0.253. The van der Waals surface area contributed by atoms with Crippen LogP contribution >= 0.6 is 0 Å². The molecular weight excluding hydrogens is 392 g/mol. The molecule has 162 valence electrons. The molecule has 0 aromatic carbocycles. The summed E-state index contributed by atoms with van der Waals surface area (Å²) < 4.78 is 7.39. The van der Waals surface area contributed by atoms with Gasteiger partial charge in [-0.2, -0.15) is 14.9 Å². The first-order valence-electron chi connectivity index (χ1n) is 10.9. The van der Waals surface area contributed by atoms with Gasteiger partial charge < -0.3 is 15.0 Å². The van der Waals surface area contributed by atoms with Crippen LogP contribution < -0.4 is 10.2 Å². The van der Waals surface area contributed by atoms with Crippen molar-refractivity contribution in [3.8, 4) is 17.7 Å². The van der Waals surface area contributed by atoms with Crippen LogP contribution in [0.3, 0.4) is 0 Å². The van der Waals surface area contributed by atoms with Crippen LogP contribution in [0.15, 0.2) is 24.5 Å². The van der Waals surface area contributed by atoms with Gasteiger partial charge in [0.15, 0.2) is 11.5 Å². The fourth-order valence-corrected chi connectivity index (χ4v) is 4.25. The Morgan fingerprint density at radius 3 is 3.00 bits per heavy atom. The predicted molar refractivity (Wildman–Crippen MR) is 119 cm³/mol. The Labute approximate surface area is 181 Å². The zero-order valence-electron chi connectivity index (χ0n) is 18.0. The largest absolute Gasteiger partial charge is 0.377 e. The Morgan fingerprint density at radius 1 is 1.26 bits per heavy atom. The van der Waals surface area contributed by atoms with E-state index >= 15 is 0 Å². The molecule has 0 amide bonds. The SMILES string of the molecule is CC1CN(CC#Cc2cc(N3CCOC[C@H]3C)nc3c2cnn3-c2cc[nH]n2)CCN1. The van der Waals surface area contributed by atoms with Gasteiger partial charge in [0.1, 0.15) is 5.82 Å². The first-order chi connectivity index (χ1) is 15.2. The number of aromatic nitrogens is 5. The molecule has 2 N–H and O–H groups in total. The topological polar surface area (TPSA) is 87.1 Å². The molecule has 2 fully saturated rings. The van der Waals surface area contributed by atoms with Crippen LogP contribution in [0.4, 0.5) is 5.82 Å². The average Bonchev–Trinajstić information content (AvgIpc) is 3.44. The van der Waals surface area contributed by atoms with Crippen LogP contribution in [-0.2, 0) is 4.74 Å². The number of piperazine rings is 1. The number of pyridine rings is 1. The van der Waals surface area contributed by atoms with Crippen LogP contribution in [0.25, 0.3) is 16.9 Å². The van der Waals surface area contributed by atoms with E-state index in [1.54, 1.807) is 10.9 Å². The molecule has 1 unspecified atom stereocenters. The van der Waals surface area contributed by atoms with Crippen molar-refractivity contribution in [2.24, 2.45) is 0 Å². The van der Waals surface area contributed by atoms with Crippen molar-refractivity contribution in [2.45, 2.75) is 25.9 Å². The Balaban J connectivity index is 1.52. The average molecular weight is 421 g/mol. The van der Waals surface area contributed by atoms with Crippen molar-refractivity contribution in [3.05, 3.63) is 30.1 Å². The van der Waals surface area contributed by atoms with Crippen molar-refractivity contribution >= 4 is 16.9 Å². The molecule has 2 saturated heterocycles. The Kier molecular flexibility index (Phi) is 5.59. The number of rotatable bonds is 3. The minimum absolute atomic E-state index is 0.253. The summed E-state index contributed by atoms with van der Waals surface area (Å²) in [6.07, 6.45) is 3.62. The molecule has 31 heavy (non-hydrogen) atoms. The lowest BCUT2D eigenvalue weighted by Crippen LogP contribution is -2.49. The van der Waals surface area contributed by atoms with E-state index in [2.05, 4.69) is 62.2 Å². The Hall–Kier alpha value is -2.93. The number of morpholine rings is 1. The van der Waals surface area contributed by atoms with Crippen molar-refractivity contribution in [1.82, 2.24) is 35.2 Å². The number of hydrogen-bond donors (Lipinski definition) is 2. The third-order valence-corrected chi connectivity index (χ3v) is 5.87. The summed E-state index contributed by atoms with van der Waals surface area (Å²) in [5.41, 5.74) is 1.71. The van der Waals surface area contributed by atoms with Gasteiger partial charge in [-0.15, -0.1) is 0 Å².